The maximum atomic E-state index is 9.77. The molecule has 5 heteroatoms. The Morgan fingerprint density at radius 3 is 2.75 bits per heavy atom. The molecule has 1 unspecified atom stereocenters. The van der Waals surface area contributed by atoms with Crippen molar-refractivity contribution < 1.29 is 26.5 Å². The van der Waals surface area contributed by atoms with Crippen LogP contribution in [0.2, 0.25) is 0 Å². The fourth-order valence-corrected chi connectivity index (χ4v) is 1.31. The van der Waals surface area contributed by atoms with Gasteiger partial charge >= 0.3 is 0 Å². The molecule has 0 saturated carbocycles. The standard InChI is InChI=1S/C7H14O5/c1-2-7(11)4(3-8)12-6(10)5(7)9/h4-6,8-11H,2-3H2,1H3/t4-,5+,6?,7-/m1/s1/i1D. The highest BCUT2D eigenvalue weighted by molar-refractivity contribution is 4.99. The number of aliphatic hydroxyl groups is 4. The van der Waals surface area contributed by atoms with Crippen LogP contribution < -0.4 is 0 Å². The number of hydrogen-bond donors (Lipinski definition) is 4. The molecule has 1 rings (SSSR count). The van der Waals surface area contributed by atoms with Gasteiger partial charge in [-0.25, -0.2) is 0 Å². The van der Waals surface area contributed by atoms with E-state index >= 15 is 0 Å². The first-order valence-electron chi connectivity index (χ1n) is 4.41. The molecular weight excluding hydrogens is 164 g/mol. The highest BCUT2D eigenvalue weighted by atomic mass is 16.7. The molecule has 5 nitrogen and oxygen atoms in total. The van der Waals surface area contributed by atoms with Gasteiger partial charge in [-0.15, -0.1) is 0 Å². The van der Waals surface area contributed by atoms with Gasteiger partial charge in [-0.3, -0.25) is 0 Å². The molecule has 1 heterocycles. The van der Waals surface area contributed by atoms with Crippen LogP contribution >= 0.6 is 0 Å². The molecule has 1 aliphatic rings. The minimum Gasteiger partial charge on any atom is -0.394 e. The number of ether oxygens (including phenoxy) is 1. The largest absolute Gasteiger partial charge is 0.394 e. The zero-order chi connectivity index (χ0) is 10.1. The van der Waals surface area contributed by atoms with E-state index in [0.29, 0.717) is 0 Å². The Morgan fingerprint density at radius 1 is 1.58 bits per heavy atom. The summed E-state index contributed by atoms with van der Waals surface area (Å²) < 4.78 is 11.6. The van der Waals surface area contributed by atoms with Crippen LogP contribution in [0.15, 0.2) is 0 Å². The van der Waals surface area contributed by atoms with Crippen molar-refractivity contribution >= 4 is 0 Å². The van der Waals surface area contributed by atoms with Crippen molar-refractivity contribution in [2.24, 2.45) is 0 Å². The molecular formula is C7H14O5. The zero-order valence-electron chi connectivity index (χ0n) is 7.55. The first-order chi connectivity index (χ1) is 6.06. The number of aliphatic hydroxyl groups excluding tert-OH is 3. The molecule has 1 fully saturated rings. The van der Waals surface area contributed by atoms with Crippen molar-refractivity contribution in [3.05, 3.63) is 0 Å². The third-order valence-electron chi connectivity index (χ3n) is 2.21. The summed E-state index contributed by atoms with van der Waals surface area (Å²) in [6.07, 6.45) is -4.03. The molecule has 0 spiro atoms. The molecule has 72 valence electrons. The molecule has 4 N–H and O–H groups in total. The second-order valence-corrected chi connectivity index (χ2v) is 2.88. The van der Waals surface area contributed by atoms with Gasteiger partial charge in [-0.1, -0.05) is 6.90 Å². The van der Waals surface area contributed by atoms with Gasteiger partial charge in [0.15, 0.2) is 6.29 Å². The third kappa shape index (κ3) is 1.23. The second kappa shape index (κ2) is 3.27. The van der Waals surface area contributed by atoms with Crippen molar-refractivity contribution in [3.63, 3.8) is 0 Å². The summed E-state index contributed by atoms with van der Waals surface area (Å²) in [5.74, 6) is 0. The third-order valence-corrected chi connectivity index (χ3v) is 2.21. The quantitative estimate of drug-likeness (QED) is 0.401. The molecule has 0 aromatic carbocycles. The topological polar surface area (TPSA) is 90.2 Å². The molecule has 1 aliphatic heterocycles. The molecule has 0 bridgehead atoms. The average Bonchev–Trinajstić information content (AvgIpc) is 2.31. The molecule has 12 heavy (non-hydrogen) atoms. The summed E-state index contributed by atoms with van der Waals surface area (Å²) in [4.78, 5) is 0. The predicted molar refractivity (Wildman–Crippen MR) is 39.2 cm³/mol. The number of hydrogen-bond acceptors (Lipinski definition) is 5. The van der Waals surface area contributed by atoms with Crippen LogP contribution in [0.3, 0.4) is 0 Å². The highest BCUT2D eigenvalue weighted by Gasteiger charge is 2.53. The van der Waals surface area contributed by atoms with Gasteiger partial charge in [-0.05, 0) is 6.42 Å². The lowest BCUT2D eigenvalue weighted by Gasteiger charge is -2.27. The van der Waals surface area contributed by atoms with E-state index in [0.717, 1.165) is 0 Å². The Kier molecular flexibility index (Phi) is 2.29. The summed E-state index contributed by atoms with van der Waals surface area (Å²) in [5, 5.41) is 37.0. The van der Waals surface area contributed by atoms with Gasteiger partial charge in [0.2, 0.25) is 0 Å². The van der Waals surface area contributed by atoms with Crippen LogP contribution in [-0.4, -0.2) is 51.1 Å². The minimum atomic E-state index is -1.71. The SMILES string of the molecule is [2H]CC[C@@]1(O)[C@@H](CO)OC(O)[C@@H]1O. The molecule has 0 aromatic rings. The monoisotopic (exact) mass is 179 g/mol. The summed E-state index contributed by atoms with van der Waals surface area (Å²) >= 11 is 0. The summed E-state index contributed by atoms with van der Waals surface area (Å²) in [5.41, 5.74) is -1.71. The van der Waals surface area contributed by atoms with Gasteiger partial charge in [0.05, 0.1) is 6.61 Å². The van der Waals surface area contributed by atoms with Crippen molar-refractivity contribution in [1.29, 1.82) is 0 Å². The van der Waals surface area contributed by atoms with E-state index < -0.39 is 30.7 Å². The minimum absolute atomic E-state index is 0.0452. The highest BCUT2D eigenvalue weighted by Crippen LogP contribution is 2.32. The Hall–Kier alpha value is -0.200. The normalized spacial score (nSPS) is 49.3. The van der Waals surface area contributed by atoms with E-state index in [1.165, 1.54) is 0 Å². The van der Waals surface area contributed by atoms with Gasteiger partial charge in [0, 0.05) is 1.37 Å². The Balaban J connectivity index is 2.77. The fourth-order valence-electron chi connectivity index (χ4n) is 1.31. The lowest BCUT2D eigenvalue weighted by atomic mass is 9.90. The van der Waals surface area contributed by atoms with E-state index in [4.69, 9.17) is 16.3 Å². The van der Waals surface area contributed by atoms with Crippen LogP contribution in [0.25, 0.3) is 0 Å². The maximum Gasteiger partial charge on any atom is 0.184 e. The zero-order valence-corrected chi connectivity index (χ0v) is 6.55. The van der Waals surface area contributed by atoms with Crippen molar-refractivity contribution in [2.45, 2.75) is 37.4 Å². The van der Waals surface area contributed by atoms with Crippen LogP contribution in [0.5, 0.6) is 0 Å². The Morgan fingerprint density at radius 2 is 2.25 bits per heavy atom. The number of rotatable bonds is 2. The smallest absolute Gasteiger partial charge is 0.184 e. The van der Waals surface area contributed by atoms with Crippen LogP contribution in [0, 0.1) is 0 Å². The van der Waals surface area contributed by atoms with E-state index in [1.54, 1.807) is 0 Å². The summed E-state index contributed by atoms with van der Waals surface area (Å²) in [6.45, 7) is -0.606. The average molecular weight is 179 g/mol. The lowest BCUT2D eigenvalue weighted by Crippen LogP contribution is -2.48. The Bertz CT molecular complexity index is 178. The first-order valence-corrected chi connectivity index (χ1v) is 3.70. The predicted octanol–water partition coefficient (Wildman–Crippen LogP) is -1.80. The fraction of sp³-hybridized carbons (Fsp3) is 1.00. The van der Waals surface area contributed by atoms with E-state index in [2.05, 4.69) is 0 Å². The Labute approximate surface area is 71.6 Å². The molecule has 0 radical (unpaired) electrons. The van der Waals surface area contributed by atoms with Crippen LogP contribution in [0.1, 0.15) is 14.7 Å². The van der Waals surface area contributed by atoms with Crippen molar-refractivity contribution in [3.8, 4) is 0 Å². The van der Waals surface area contributed by atoms with Crippen molar-refractivity contribution in [2.75, 3.05) is 6.61 Å². The van der Waals surface area contributed by atoms with Gasteiger partial charge in [-0.2, -0.15) is 0 Å². The van der Waals surface area contributed by atoms with Crippen molar-refractivity contribution in [1.82, 2.24) is 0 Å². The lowest BCUT2D eigenvalue weighted by molar-refractivity contribution is -0.132. The maximum absolute atomic E-state index is 9.77. The van der Waals surface area contributed by atoms with Gasteiger partial charge in [0.25, 0.3) is 0 Å². The van der Waals surface area contributed by atoms with Gasteiger partial charge in [0.1, 0.15) is 17.8 Å². The molecule has 4 atom stereocenters. The van der Waals surface area contributed by atoms with Crippen LogP contribution in [0.4, 0.5) is 0 Å². The van der Waals surface area contributed by atoms with Gasteiger partial charge < -0.3 is 25.2 Å². The first kappa shape index (κ1) is 8.40. The summed E-state index contributed by atoms with van der Waals surface area (Å²) in [6, 6.07) is 0. The second-order valence-electron chi connectivity index (χ2n) is 2.88. The molecule has 0 aromatic heterocycles. The molecule has 1 saturated heterocycles. The summed E-state index contributed by atoms with van der Waals surface area (Å²) in [7, 11) is 0. The van der Waals surface area contributed by atoms with E-state index in [1.807, 2.05) is 0 Å². The molecule has 0 aliphatic carbocycles. The van der Waals surface area contributed by atoms with E-state index in [9.17, 15) is 10.2 Å². The molecule has 0 amide bonds. The van der Waals surface area contributed by atoms with E-state index in [-0.39, 0.29) is 13.3 Å². The van der Waals surface area contributed by atoms with Crippen LogP contribution in [-0.2, 0) is 4.74 Å².